The molecular weight excluding hydrogens is 418 g/mol. The van der Waals surface area contributed by atoms with Crippen molar-refractivity contribution in [2.24, 2.45) is 7.05 Å². The number of hydrogen-bond acceptors (Lipinski definition) is 7. The molecule has 8 nitrogen and oxygen atoms in total. The van der Waals surface area contributed by atoms with Crippen LogP contribution in [0.5, 0.6) is 11.5 Å². The minimum absolute atomic E-state index is 0. The highest BCUT2D eigenvalue weighted by molar-refractivity contribution is 5.85. The number of ether oxygens (including phenoxy) is 2. The van der Waals surface area contributed by atoms with E-state index in [1.807, 2.05) is 54.5 Å². The Kier molecular flexibility index (Phi) is 6.94. The van der Waals surface area contributed by atoms with E-state index in [2.05, 4.69) is 10.1 Å². The Morgan fingerprint density at radius 1 is 1.03 bits per heavy atom. The molecule has 0 spiro atoms. The van der Waals surface area contributed by atoms with Crippen LogP contribution >= 0.6 is 12.4 Å². The van der Waals surface area contributed by atoms with Gasteiger partial charge in [-0.3, -0.25) is 9.67 Å². The lowest BCUT2D eigenvalue weighted by Gasteiger charge is -2.26. The van der Waals surface area contributed by atoms with Crippen LogP contribution in [0.3, 0.4) is 0 Å². The minimum atomic E-state index is -0.0280. The molecule has 2 aromatic carbocycles. The van der Waals surface area contributed by atoms with Crippen molar-refractivity contribution in [3.05, 3.63) is 55.0 Å². The summed E-state index contributed by atoms with van der Waals surface area (Å²) < 4.78 is 12.7. The molecule has 0 aliphatic rings. The van der Waals surface area contributed by atoms with Gasteiger partial charge in [0.05, 0.1) is 55.6 Å². The topological polar surface area (TPSA) is 85.5 Å². The Morgan fingerprint density at radius 3 is 2.55 bits per heavy atom. The quantitative estimate of drug-likeness (QED) is 0.469. The maximum Gasteiger partial charge on any atom is 0.142 e. The second-order valence-corrected chi connectivity index (χ2v) is 6.74. The first-order chi connectivity index (χ1) is 14.6. The second kappa shape index (κ2) is 9.63. The zero-order chi connectivity index (χ0) is 21.1. The molecule has 0 unspecified atom stereocenters. The molecule has 1 N–H and O–H groups in total. The number of anilines is 2. The summed E-state index contributed by atoms with van der Waals surface area (Å²) in [5, 5.41) is 13.9. The average molecular weight is 442 g/mol. The van der Waals surface area contributed by atoms with Gasteiger partial charge in [0, 0.05) is 37.1 Å². The summed E-state index contributed by atoms with van der Waals surface area (Å²) in [6.07, 6.45) is 5.41. The number of halogens is 1. The van der Waals surface area contributed by atoms with Gasteiger partial charge in [-0.25, -0.2) is 4.98 Å². The molecule has 162 valence electrons. The zero-order valence-electron chi connectivity index (χ0n) is 17.5. The number of aliphatic hydroxyl groups excluding tert-OH is 1. The third kappa shape index (κ3) is 4.55. The van der Waals surface area contributed by atoms with E-state index in [1.165, 1.54) is 0 Å². The highest BCUT2D eigenvalue weighted by atomic mass is 35.5. The van der Waals surface area contributed by atoms with Crippen LogP contribution < -0.4 is 14.4 Å². The summed E-state index contributed by atoms with van der Waals surface area (Å²) in [6, 6.07) is 11.4. The van der Waals surface area contributed by atoms with Crippen LogP contribution in [0.1, 0.15) is 0 Å². The third-order valence-electron chi connectivity index (χ3n) is 4.84. The Balaban J connectivity index is 0.00000272. The molecule has 0 atom stereocenters. The second-order valence-electron chi connectivity index (χ2n) is 6.74. The smallest absolute Gasteiger partial charge is 0.142 e. The Bertz CT molecular complexity index is 1180. The van der Waals surface area contributed by atoms with E-state index in [9.17, 15) is 5.11 Å². The Labute approximate surface area is 186 Å². The zero-order valence-corrected chi connectivity index (χ0v) is 18.3. The van der Waals surface area contributed by atoms with Crippen molar-refractivity contribution in [1.82, 2.24) is 19.7 Å². The Hall–Kier alpha value is -3.36. The molecule has 2 heterocycles. The van der Waals surface area contributed by atoms with Gasteiger partial charge in [-0.1, -0.05) is 0 Å². The molecule has 0 aliphatic carbocycles. The number of aryl methyl sites for hydroxylation is 1. The first-order valence-electron chi connectivity index (χ1n) is 9.49. The molecule has 0 saturated heterocycles. The molecular formula is C22H24ClN5O3. The molecule has 0 fully saturated rings. The van der Waals surface area contributed by atoms with Crippen molar-refractivity contribution in [3.63, 3.8) is 0 Å². The van der Waals surface area contributed by atoms with E-state index in [0.29, 0.717) is 18.0 Å². The van der Waals surface area contributed by atoms with Crippen molar-refractivity contribution in [1.29, 1.82) is 0 Å². The molecule has 4 rings (SSSR count). The van der Waals surface area contributed by atoms with Gasteiger partial charge in [0.25, 0.3) is 0 Å². The number of methoxy groups -OCH3 is 2. The van der Waals surface area contributed by atoms with Crippen molar-refractivity contribution in [3.8, 4) is 22.8 Å². The average Bonchev–Trinajstić information content (AvgIpc) is 3.22. The highest BCUT2D eigenvalue weighted by Crippen LogP contribution is 2.37. The highest BCUT2D eigenvalue weighted by Gasteiger charge is 2.16. The molecule has 0 amide bonds. The third-order valence-corrected chi connectivity index (χ3v) is 4.84. The summed E-state index contributed by atoms with van der Waals surface area (Å²) in [5.41, 5.74) is 4.84. The molecule has 9 heteroatoms. The Morgan fingerprint density at radius 2 is 1.87 bits per heavy atom. The van der Waals surface area contributed by atoms with Crippen molar-refractivity contribution in [2.45, 2.75) is 0 Å². The van der Waals surface area contributed by atoms with Crippen LogP contribution in [0.25, 0.3) is 22.3 Å². The maximum atomic E-state index is 9.71. The summed E-state index contributed by atoms with van der Waals surface area (Å²) in [4.78, 5) is 11.3. The van der Waals surface area contributed by atoms with Gasteiger partial charge >= 0.3 is 0 Å². The molecule has 0 radical (unpaired) electrons. The summed E-state index contributed by atoms with van der Waals surface area (Å²) >= 11 is 0. The number of nitrogens with zero attached hydrogens (tertiary/aromatic N) is 5. The van der Waals surface area contributed by atoms with Gasteiger partial charge in [0.1, 0.15) is 11.5 Å². The maximum absolute atomic E-state index is 9.71. The SMILES string of the molecule is COc1ccc(OC)c(N(CCO)c2ccc3ncc(-c4cnn(C)c4)nc3c2)c1.Cl. The lowest BCUT2D eigenvalue weighted by molar-refractivity contribution is 0.305. The van der Waals surface area contributed by atoms with Gasteiger partial charge in [0.2, 0.25) is 0 Å². The van der Waals surface area contributed by atoms with E-state index in [4.69, 9.17) is 14.5 Å². The van der Waals surface area contributed by atoms with E-state index in [-0.39, 0.29) is 19.0 Å². The number of hydrogen-bond donors (Lipinski definition) is 1. The monoisotopic (exact) mass is 441 g/mol. The predicted molar refractivity (Wildman–Crippen MR) is 123 cm³/mol. The first kappa shape index (κ1) is 22.3. The fourth-order valence-corrected chi connectivity index (χ4v) is 3.36. The first-order valence-corrected chi connectivity index (χ1v) is 9.49. The normalized spacial score (nSPS) is 10.6. The van der Waals surface area contributed by atoms with E-state index in [0.717, 1.165) is 33.7 Å². The van der Waals surface area contributed by atoms with Crippen molar-refractivity contribution >= 4 is 34.8 Å². The molecule has 2 aromatic heterocycles. The van der Waals surface area contributed by atoms with Crippen LogP contribution in [0, 0.1) is 0 Å². The molecule has 0 bridgehead atoms. The van der Waals surface area contributed by atoms with E-state index >= 15 is 0 Å². The van der Waals surface area contributed by atoms with E-state index < -0.39 is 0 Å². The van der Waals surface area contributed by atoms with Crippen LogP contribution in [0.2, 0.25) is 0 Å². The standard InChI is InChI=1S/C22H23N5O3.ClH/c1-26-14-15(12-24-26)20-13-23-18-6-4-16(10-19(18)25-20)27(8-9-28)21-11-17(29-2)5-7-22(21)30-3;/h4-7,10-14,28H,8-9H2,1-3H3;1H. The number of rotatable bonds is 7. The molecule has 0 saturated carbocycles. The van der Waals surface area contributed by atoms with Gasteiger partial charge < -0.3 is 19.5 Å². The van der Waals surface area contributed by atoms with Gasteiger partial charge in [-0.2, -0.15) is 5.10 Å². The summed E-state index contributed by atoms with van der Waals surface area (Å²) in [7, 11) is 5.10. The number of aliphatic hydroxyl groups is 1. The van der Waals surface area contributed by atoms with Crippen molar-refractivity contribution in [2.75, 3.05) is 32.3 Å². The van der Waals surface area contributed by atoms with Crippen LogP contribution in [0.4, 0.5) is 11.4 Å². The number of fused-ring (bicyclic) bond motifs is 1. The summed E-state index contributed by atoms with van der Waals surface area (Å²) in [6.45, 7) is 0.352. The fraction of sp³-hybridized carbons (Fsp3) is 0.227. The number of aromatic nitrogens is 4. The minimum Gasteiger partial charge on any atom is -0.497 e. The molecule has 0 aliphatic heterocycles. The van der Waals surface area contributed by atoms with Crippen LogP contribution in [-0.4, -0.2) is 52.2 Å². The van der Waals surface area contributed by atoms with Gasteiger partial charge in [-0.05, 0) is 30.3 Å². The largest absolute Gasteiger partial charge is 0.497 e. The van der Waals surface area contributed by atoms with Crippen LogP contribution in [-0.2, 0) is 7.05 Å². The van der Waals surface area contributed by atoms with Gasteiger partial charge in [-0.15, -0.1) is 12.4 Å². The van der Waals surface area contributed by atoms with E-state index in [1.54, 1.807) is 31.3 Å². The molecule has 4 aromatic rings. The lowest BCUT2D eigenvalue weighted by atomic mass is 10.2. The fourth-order valence-electron chi connectivity index (χ4n) is 3.36. The lowest BCUT2D eigenvalue weighted by Crippen LogP contribution is -2.21. The predicted octanol–water partition coefficient (Wildman–Crippen LogP) is 3.60. The summed E-state index contributed by atoms with van der Waals surface area (Å²) in [5.74, 6) is 1.38. The number of benzene rings is 2. The van der Waals surface area contributed by atoms with Crippen LogP contribution in [0.15, 0.2) is 55.0 Å². The van der Waals surface area contributed by atoms with Gasteiger partial charge in [0.15, 0.2) is 0 Å². The molecule has 31 heavy (non-hydrogen) atoms. The van der Waals surface area contributed by atoms with Crippen molar-refractivity contribution < 1.29 is 14.6 Å².